The summed E-state index contributed by atoms with van der Waals surface area (Å²) in [5, 5.41) is 0. The maximum absolute atomic E-state index is 12.6. The number of rotatable bonds is 2. The molecule has 1 aromatic carbocycles. The van der Waals surface area contributed by atoms with Gasteiger partial charge in [0, 0.05) is 24.5 Å². The maximum Gasteiger partial charge on any atom is 0.410 e. The Balaban J connectivity index is 1.62. The number of imidazole rings is 1. The van der Waals surface area contributed by atoms with Crippen molar-refractivity contribution in [1.29, 1.82) is 0 Å². The molecule has 4 rings (SSSR count). The molecule has 1 fully saturated rings. The Hall–Kier alpha value is -2.48. The Morgan fingerprint density at radius 1 is 1.29 bits per heavy atom. The average Bonchev–Trinajstić information content (AvgIpc) is 3.27. The van der Waals surface area contributed by atoms with Gasteiger partial charge in [-0.3, -0.25) is 4.90 Å². The van der Waals surface area contributed by atoms with Crippen molar-refractivity contribution in [3.8, 4) is 11.4 Å². The van der Waals surface area contributed by atoms with E-state index in [0.29, 0.717) is 12.4 Å². The number of hydrogen-bond acceptors (Lipinski definition) is 5. The third-order valence-corrected chi connectivity index (χ3v) is 4.98. The van der Waals surface area contributed by atoms with E-state index in [4.69, 9.17) is 9.72 Å². The normalized spacial score (nSPS) is 17.3. The predicted molar refractivity (Wildman–Crippen MR) is 110 cm³/mol. The minimum atomic E-state index is -0.516. The number of H-pyrrole nitrogens is 1. The third kappa shape index (κ3) is 3.87. The second-order valence-corrected chi connectivity index (χ2v) is 8.83. The first kappa shape index (κ1) is 18.9. The molecule has 0 bridgehead atoms. The van der Waals surface area contributed by atoms with Crippen molar-refractivity contribution in [3.05, 3.63) is 40.9 Å². The first-order chi connectivity index (χ1) is 13.3. The zero-order valence-electron chi connectivity index (χ0n) is 16.1. The van der Waals surface area contributed by atoms with Crippen molar-refractivity contribution in [2.75, 3.05) is 6.54 Å². The summed E-state index contributed by atoms with van der Waals surface area (Å²) in [6.07, 6.45) is 4.95. The van der Waals surface area contributed by atoms with E-state index in [0.717, 1.165) is 39.7 Å². The van der Waals surface area contributed by atoms with Crippen molar-refractivity contribution in [1.82, 2.24) is 24.8 Å². The van der Waals surface area contributed by atoms with E-state index >= 15 is 0 Å². The third-order valence-electron chi connectivity index (χ3n) is 4.58. The van der Waals surface area contributed by atoms with Crippen molar-refractivity contribution < 1.29 is 9.53 Å². The molecule has 1 aliphatic heterocycles. The highest BCUT2D eigenvalue weighted by molar-refractivity contribution is 9.10. The lowest BCUT2D eigenvalue weighted by Gasteiger charge is -2.27. The van der Waals surface area contributed by atoms with Gasteiger partial charge in [0.2, 0.25) is 0 Å². The Morgan fingerprint density at radius 3 is 2.75 bits per heavy atom. The Morgan fingerprint density at radius 2 is 2.04 bits per heavy atom. The quantitative estimate of drug-likeness (QED) is 0.611. The molecule has 0 spiro atoms. The molecule has 3 heterocycles. The van der Waals surface area contributed by atoms with E-state index in [2.05, 4.69) is 30.9 Å². The van der Waals surface area contributed by atoms with Crippen LogP contribution in [-0.4, -0.2) is 43.1 Å². The zero-order valence-corrected chi connectivity index (χ0v) is 17.7. The lowest BCUT2D eigenvalue weighted by molar-refractivity contribution is 0.0219. The number of nitrogens with one attached hydrogen (secondary N) is 1. The lowest BCUT2D eigenvalue weighted by atomic mass is 10.2. The highest BCUT2D eigenvalue weighted by Gasteiger charge is 2.34. The molecule has 2 aromatic heterocycles. The van der Waals surface area contributed by atoms with E-state index in [1.807, 2.05) is 39.0 Å². The van der Waals surface area contributed by atoms with Gasteiger partial charge in [0.25, 0.3) is 0 Å². The average molecular weight is 444 g/mol. The van der Waals surface area contributed by atoms with Crippen LogP contribution in [0.3, 0.4) is 0 Å². The Labute approximate surface area is 171 Å². The number of aromatic amines is 1. The van der Waals surface area contributed by atoms with Gasteiger partial charge in [0.15, 0.2) is 5.82 Å². The molecule has 0 aliphatic carbocycles. The first-order valence-electron chi connectivity index (χ1n) is 9.27. The van der Waals surface area contributed by atoms with E-state index in [-0.39, 0.29) is 12.1 Å². The van der Waals surface area contributed by atoms with Gasteiger partial charge in [0.1, 0.15) is 11.4 Å². The number of likely N-dealkylation sites (tertiary alicyclic amines) is 1. The Bertz CT molecular complexity index is 1010. The number of amides is 1. The van der Waals surface area contributed by atoms with Gasteiger partial charge < -0.3 is 9.72 Å². The van der Waals surface area contributed by atoms with Crippen LogP contribution in [0.2, 0.25) is 0 Å². The molecule has 7 nitrogen and oxygen atoms in total. The molecule has 1 atom stereocenters. The summed E-state index contributed by atoms with van der Waals surface area (Å²) in [6, 6.07) is 5.79. The molecule has 1 unspecified atom stereocenters. The van der Waals surface area contributed by atoms with E-state index in [1.165, 1.54) is 0 Å². The highest BCUT2D eigenvalue weighted by Crippen LogP contribution is 2.33. The van der Waals surface area contributed by atoms with Gasteiger partial charge in [-0.2, -0.15) is 0 Å². The first-order valence-corrected chi connectivity index (χ1v) is 10.1. The number of ether oxygens (including phenoxy) is 1. The minimum absolute atomic E-state index is 0.102. The van der Waals surface area contributed by atoms with Gasteiger partial charge in [-0.15, -0.1) is 0 Å². The van der Waals surface area contributed by atoms with E-state index in [9.17, 15) is 4.79 Å². The summed E-state index contributed by atoms with van der Waals surface area (Å²) in [5.74, 6) is 1.43. The number of benzene rings is 1. The van der Waals surface area contributed by atoms with Crippen LogP contribution in [0.15, 0.2) is 35.1 Å². The van der Waals surface area contributed by atoms with Crippen molar-refractivity contribution >= 4 is 33.1 Å². The maximum atomic E-state index is 12.6. The molecular weight excluding hydrogens is 422 g/mol. The van der Waals surface area contributed by atoms with Gasteiger partial charge in [-0.1, -0.05) is 0 Å². The standard InChI is InChI=1S/C20H22BrN5O2/c1-20(2,3)28-19(27)26-8-4-5-16(26)18-24-14-7-6-12(9-15(14)25-18)17-22-10-13(21)11-23-17/h6-7,9-11,16H,4-5,8H2,1-3H3,(H,24,25). The largest absolute Gasteiger partial charge is 0.444 e. The summed E-state index contributed by atoms with van der Waals surface area (Å²) in [4.78, 5) is 31.1. The number of carbonyl (C=O) groups is 1. The summed E-state index contributed by atoms with van der Waals surface area (Å²) in [6.45, 7) is 6.31. The van der Waals surface area contributed by atoms with Gasteiger partial charge >= 0.3 is 6.09 Å². The second kappa shape index (κ2) is 7.16. The number of aromatic nitrogens is 4. The van der Waals surface area contributed by atoms with Crippen molar-refractivity contribution in [3.63, 3.8) is 0 Å². The molecule has 0 radical (unpaired) electrons. The molecular formula is C20H22BrN5O2. The number of carbonyl (C=O) groups excluding carboxylic acids is 1. The smallest absolute Gasteiger partial charge is 0.410 e. The summed E-state index contributed by atoms with van der Waals surface area (Å²) < 4.78 is 6.40. The van der Waals surface area contributed by atoms with Crippen LogP contribution in [0.4, 0.5) is 4.79 Å². The lowest BCUT2D eigenvalue weighted by Crippen LogP contribution is -2.36. The van der Waals surface area contributed by atoms with Gasteiger partial charge in [-0.05, 0) is 67.7 Å². The molecule has 8 heteroatoms. The molecule has 1 aliphatic rings. The van der Waals surface area contributed by atoms with Gasteiger partial charge in [0.05, 0.1) is 21.5 Å². The van der Waals surface area contributed by atoms with Crippen LogP contribution in [0, 0.1) is 0 Å². The van der Waals surface area contributed by atoms with Crippen molar-refractivity contribution in [2.24, 2.45) is 0 Å². The molecule has 1 N–H and O–H groups in total. The zero-order chi connectivity index (χ0) is 19.9. The number of hydrogen-bond donors (Lipinski definition) is 1. The fourth-order valence-electron chi connectivity index (χ4n) is 3.38. The molecule has 146 valence electrons. The molecule has 28 heavy (non-hydrogen) atoms. The molecule has 1 amide bonds. The second-order valence-electron chi connectivity index (χ2n) is 7.91. The predicted octanol–water partition coefficient (Wildman–Crippen LogP) is 4.85. The number of nitrogens with zero attached hydrogens (tertiary/aromatic N) is 4. The minimum Gasteiger partial charge on any atom is -0.444 e. The van der Waals surface area contributed by atoms with E-state index in [1.54, 1.807) is 17.3 Å². The van der Waals surface area contributed by atoms with Crippen LogP contribution in [0.25, 0.3) is 22.4 Å². The number of fused-ring (bicyclic) bond motifs is 1. The monoisotopic (exact) mass is 443 g/mol. The molecule has 0 saturated carbocycles. The number of halogens is 1. The summed E-state index contributed by atoms with van der Waals surface area (Å²) >= 11 is 3.35. The SMILES string of the molecule is CC(C)(C)OC(=O)N1CCCC1c1nc2ccc(-c3ncc(Br)cn3)cc2[nH]1. The van der Waals surface area contributed by atoms with Crippen molar-refractivity contribution in [2.45, 2.75) is 45.3 Å². The summed E-state index contributed by atoms with van der Waals surface area (Å²) in [7, 11) is 0. The van der Waals surface area contributed by atoms with E-state index < -0.39 is 5.60 Å². The molecule has 3 aromatic rings. The van der Waals surface area contributed by atoms with Crippen LogP contribution in [-0.2, 0) is 4.74 Å². The van der Waals surface area contributed by atoms with Crippen LogP contribution in [0.5, 0.6) is 0 Å². The highest BCUT2D eigenvalue weighted by atomic mass is 79.9. The summed E-state index contributed by atoms with van der Waals surface area (Å²) in [5.41, 5.74) is 2.14. The van der Waals surface area contributed by atoms with Gasteiger partial charge in [-0.25, -0.2) is 19.7 Å². The van der Waals surface area contributed by atoms with Crippen LogP contribution < -0.4 is 0 Å². The topological polar surface area (TPSA) is 84.0 Å². The van der Waals surface area contributed by atoms with Crippen LogP contribution in [0.1, 0.15) is 45.5 Å². The fraction of sp³-hybridized carbons (Fsp3) is 0.400. The Kier molecular flexibility index (Phi) is 4.82. The fourth-order valence-corrected chi connectivity index (χ4v) is 3.58. The van der Waals surface area contributed by atoms with Crippen LogP contribution >= 0.6 is 15.9 Å². The molecule has 1 saturated heterocycles.